The Labute approximate surface area is 128 Å². The molecule has 1 aliphatic heterocycles. The first-order valence-electron chi connectivity index (χ1n) is 7.78. The number of allylic oxidation sites excluding steroid dienone is 2. The highest BCUT2D eigenvalue weighted by Gasteiger charge is 2.29. The third-order valence-electron chi connectivity index (χ3n) is 3.59. The fraction of sp³-hybridized carbons (Fsp3) is 0.474. The lowest BCUT2D eigenvalue weighted by molar-refractivity contribution is -0.147. The Bertz CT molecular complexity index is 487. The van der Waals surface area contributed by atoms with Gasteiger partial charge < -0.3 is 9.47 Å². The molecular weight excluding hydrogens is 260 g/mol. The number of ether oxygens (including phenoxy) is 2. The molecule has 0 N–H and O–H groups in total. The summed E-state index contributed by atoms with van der Waals surface area (Å²) in [6.45, 7) is 3.51. The van der Waals surface area contributed by atoms with Crippen molar-refractivity contribution in [3.8, 4) is 11.8 Å². The molecule has 1 heterocycles. The quantitative estimate of drug-likeness (QED) is 0.572. The zero-order chi connectivity index (χ0) is 14.8. The van der Waals surface area contributed by atoms with E-state index < -0.39 is 0 Å². The molecule has 1 aromatic rings. The lowest BCUT2D eigenvalue weighted by Crippen LogP contribution is -2.24. The Kier molecular flexibility index (Phi) is 6.53. The zero-order valence-corrected chi connectivity index (χ0v) is 12.8. The summed E-state index contributed by atoms with van der Waals surface area (Å²) in [4.78, 5) is 0. The van der Waals surface area contributed by atoms with Crippen LogP contribution in [0, 0.1) is 11.8 Å². The first-order valence-corrected chi connectivity index (χ1v) is 7.78. The van der Waals surface area contributed by atoms with Crippen LogP contribution in [0.4, 0.5) is 0 Å². The van der Waals surface area contributed by atoms with E-state index in [-0.39, 0.29) is 5.79 Å². The summed E-state index contributed by atoms with van der Waals surface area (Å²) in [5.41, 5.74) is 1.06. The van der Waals surface area contributed by atoms with Crippen molar-refractivity contribution >= 4 is 0 Å². The van der Waals surface area contributed by atoms with E-state index in [9.17, 15) is 0 Å². The van der Waals surface area contributed by atoms with Crippen LogP contribution in [0.15, 0.2) is 42.5 Å². The topological polar surface area (TPSA) is 18.5 Å². The molecule has 0 atom stereocenters. The number of benzene rings is 1. The summed E-state index contributed by atoms with van der Waals surface area (Å²) in [5.74, 6) is 5.87. The van der Waals surface area contributed by atoms with E-state index in [1.807, 2.05) is 43.3 Å². The maximum Gasteiger partial charge on any atom is 0.165 e. The van der Waals surface area contributed by atoms with Crippen LogP contribution < -0.4 is 0 Å². The summed E-state index contributed by atoms with van der Waals surface area (Å²) >= 11 is 0. The monoisotopic (exact) mass is 284 g/mol. The second kappa shape index (κ2) is 8.67. The number of rotatable bonds is 6. The molecule has 0 radical (unpaired) electrons. The van der Waals surface area contributed by atoms with Gasteiger partial charge in [-0.15, -0.1) is 0 Å². The van der Waals surface area contributed by atoms with Crippen LogP contribution >= 0.6 is 0 Å². The molecule has 0 unspecified atom stereocenters. The maximum absolute atomic E-state index is 5.59. The highest BCUT2D eigenvalue weighted by Crippen LogP contribution is 2.25. The predicted molar refractivity (Wildman–Crippen MR) is 85.9 cm³/mol. The van der Waals surface area contributed by atoms with E-state index in [1.165, 1.54) is 12.8 Å². The molecule has 1 aliphatic rings. The second-order valence-electron chi connectivity index (χ2n) is 5.47. The number of hydrogen-bond donors (Lipinski definition) is 0. The van der Waals surface area contributed by atoms with E-state index in [2.05, 4.69) is 17.9 Å². The average molecular weight is 284 g/mol. The molecule has 1 saturated heterocycles. The Morgan fingerprint density at radius 3 is 2.62 bits per heavy atom. The molecular formula is C19H24O2. The molecule has 2 heteroatoms. The van der Waals surface area contributed by atoms with Crippen molar-refractivity contribution in [1.29, 1.82) is 0 Å². The lowest BCUT2D eigenvalue weighted by atomic mass is 10.1. The van der Waals surface area contributed by atoms with Crippen molar-refractivity contribution in [2.75, 3.05) is 13.2 Å². The molecule has 0 amide bonds. The average Bonchev–Trinajstić information content (AvgIpc) is 2.93. The summed E-state index contributed by atoms with van der Waals surface area (Å²) < 4.78 is 11.2. The van der Waals surface area contributed by atoms with Crippen molar-refractivity contribution in [2.45, 2.75) is 44.8 Å². The number of hydrogen-bond acceptors (Lipinski definition) is 2. The van der Waals surface area contributed by atoms with Gasteiger partial charge in [0, 0.05) is 12.0 Å². The summed E-state index contributed by atoms with van der Waals surface area (Å²) in [6.07, 6.45) is 9.74. The molecule has 0 aromatic heterocycles. The number of unbranched alkanes of at least 4 members (excludes halogenated alkanes) is 3. The van der Waals surface area contributed by atoms with Gasteiger partial charge in [-0.25, -0.2) is 0 Å². The van der Waals surface area contributed by atoms with Gasteiger partial charge in [-0.1, -0.05) is 42.5 Å². The smallest absolute Gasteiger partial charge is 0.165 e. The van der Waals surface area contributed by atoms with Gasteiger partial charge in [0.1, 0.15) is 0 Å². The minimum absolute atomic E-state index is 0.322. The van der Waals surface area contributed by atoms with Gasteiger partial charge in [0.2, 0.25) is 0 Å². The van der Waals surface area contributed by atoms with E-state index in [0.29, 0.717) is 0 Å². The summed E-state index contributed by atoms with van der Waals surface area (Å²) in [7, 11) is 0. The maximum atomic E-state index is 5.59. The van der Waals surface area contributed by atoms with Gasteiger partial charge in [0.05, 0.1) is 13.2 Å². The van der Waals surface area contributed by atoms with Crippen molar-refractivity contribution in [3.63, 3.8) is 0 Å². The van der Waals surface area contributed by atoms with Gasteiger partial charge in [-0.05, 0) is 44.4 Å². The second-order valence-corrected chi connectivity index (χ2v) is 5.47. The molecule has 2 nitrogen and oxygen atoms in total. The third-order valence-corrected chi connectivity index (χ3v) is 3.59. The van der Waals surface area contributed by atoms with E-state index in [1.54, 1.807) is 0 Å². The summed E-state index contributed by atoms with van der Waals surface area (Å²) in [6, 6.07) is 10.1. The Balaban J connectivity index is 1.54. The van der Waals surface area contributed by atoms with Gasteiger partial charge in [-0.2, -0.15) is 0 Å². The van der Waals surface area contributed by atoms with Crippen LogP contribution in [0.5, 0.6) is 0 Å². The molecule has 1 aromatic carbocycles. The minimum atomic E-state index is -0.322. The standard InChI is InChI=1S/C19H24O2/c1-19(20-16-17-21-19)15-11-6-4-2-3-5-8-12-18-13-9-7-10-14-18/h3,5,7,9-10,13-14H,2,4,6,11,15-17H2,1H3/b5-3-. The van der Waals surface area contributed by atoms with Gasteiger partial charge >= 0.3 is 0 Å². The molecule has 21 heavy (non-hydrogen) atoms. The Hall–Kier alpha value is -1.56. The molecule has 112 valence electrons. The Morgan fingerprint density at radius 2 is 1.86 bits per heavy atom. The van der Waals surface area contributed by atoms with Crippen LogP contribution in [0.1, 0.15) is 44.6 Å². The zero-order valence-electron chi connectivity index (χ0n) is 12.8. The van der Waals surface area contributed by atoms with Gasteiger partial charge in [-0.3, -0.25) is 0 Å². The van der Waals surface area contributed by atoms with Crippen LogP contribution in [0.25, 0.3) is 0 Å². The van der Waals surface area contributed by atoms with Gasteiger partial charge in [0.25, 0.3) is 0 Å². The highest BCUT2D eigenvalue weighted by atomic mass is 16.7. The minimum Gasteiger partial charge on any atom is -0.348 e. The predicted octanol–water partition coefficient (Wildman–Crippen LogP) is 4.31. The van der Waals surface area contributed by atoms with Crippen LogP contribution in [-0.2, 0) is 9.47 Å². The molecule has 0 bridgehead atoms. The molecule has 2 rings (SSSR count). The fourth-order valence-corrected chi connectivity index (χ4v) is 2.37. The van der Waals surface area contributed by atoms with Crippen LogP contribution in [0.3, 0.4) is 0 Å². The highest BCUT2D eigenvalue weighted by molar-refractivity contribution is 5.36. The largest absolute Gasteiger partial charge is 0.348 e. The van der Waals surface area contributed by atoms with Crippen molar-refractivity contribution < 1.29 is 9.47 Å². The SMILES string of the molecule is CC1(CCCCC/C=C\C#Cc2ccccc2)OCCO1. The lowest BCUT2D eigenvalue weighted by Gasteiger charge is -2.21. The van der Waals surface area contributed by atoms with Crippen molar-refractivity contribution in [3.05, 3.63) is 48.0 Å². The Morgan fingerprint density at radius 1 is 1.10 bits per heavy atom. The third kappa shape index (κ3) is 6.16. The summed E-state index contributed by atoms with van der Waals surface area (Å²) in [5, 5.41) is 0. The molecule has 0 saturated carbocycles. The first-order chi connectivity index (χ1) is 10.3. The van der Waals surface area contributed by atoms with E-state index in [4.69, 9.17) is 9.47 Å². The van der Waals surface area contributed by atoms with Crippen molar-refractivity contribution in [2.24, 2.45) is 0 Å². The van der Waals surface area contributed by atoms with Gasteiger partial charge in [0.15, 0.2) is 5.79 Å². The van der Waals surface area contributed by atoms with E-state index >= 15 is 0 Å². The molecule has 0 aliphatic carbocycles. The fourth-order valence-electron chi connectivity index (χ4n) is 2.37. The van der Waals surface area contributed by atoms with Crippen LogP contribution in [-0.4, -0.2) is 19.0 Å². The van der Waals surface area contributed by atoms with Crippen molar-refractivity contribution in [1.82, 2.24) is 0 Å². The molecule has 0 spiro atoms. The molecule has 1 fully saturated rings. The first kappa shape index (κ1) is 15.8. The van der Waals surface area contributed by atoms with Crippen LogP contribution in [0.2, 0.25) is 0 Å². The normalized spacial score (nSPS) is 16.8. The van der Waals surface area contributed by atoms with E-state index in [0.717, 1.165) is 38.0 Å².